The summed E-state index contributed by atoms with van der Waals surface area (Å²) in [6.45, 7) is 0. The molecule has 2 aromatic rings. The zero-order valence-corrected chi connectivity index (χ0v) is 12.6. The molecule has 0 bridgehead atoms. The Morgan fingerprint density at radius 2 is 1.67 bits per heavy atom. The average Bonchev–Trinajstić information content (AvgIpc) is 2.41. The predicted octanol–water partition coefficient (Wildman–Crippen LogP) is 4.92. The summed E-state index contributed by atoms with van der Waals surface area (Å²) in [4.78, 5) is 0. The number of hydrogen-bond donors (Lipinski definition) is 1. The summed E-state index contributed by atoms with van der Waals surface area (Å²) in [5.74, 6) is -0.382. The Hall–Kier alpha value is -1.40. The van der Waals surface area contributed by atoms with Crippen LogP contribution in [-0.2, 0) is 6.18 Å². The van der Waals surface area contributed by atoms with E-state index in [4.69, 9.17) is 0 Å². The summed E-state index contributed by atoms with van der Waals surface area (Å²) >= 11 is 3.27. The normalized spacial score (nSPS) is 13.2. The number of hydrogen-bond acceptors (Lipinski definition) is 1. The summed E-state index contributed by atoms with van der Waals surface area (Å²) in [5, 5.41) is 3.02. The van der Waals surface area contributed by atoms with Crippen LogP contribution in [0.15, 0.2) is 46.9 Å². The van der Waals surface area contributed by atoms with Gasteiger partial charge in [0, 0.05) is 4.47 Å². The van der Waals surface area contributed by atoms with Gasteiger partial charge in [0.15, 0.2) is 0 Å². The van der Waals surface area contributed by atoms with Crippen molar-refractivity contribution in [2.24, 2.45) is 0 Å². The van der Waals surface area contributed by atoms with Gasteiger partial charge in [0.25, 0.3) is 0 Å². The van der Waals surface area contributed by atoms with Crippen molar-refractivity contribution in [3.8, 4) is 0 Å². The van der Waals surface area contributed by atoms with Gasteiger partial charge in [-0.2, -0.15) is 13.2 Å². The SMILES string of the molecule is CNC(c1ccc(C(F)(F)F)cc1)c1ccc(F)cc1Br. The summed E-state index contributed by atoms with van der Waals surface area (Å²) in [6, 6.07) is 8.81. The first-order chi connectivity index (χ1) is 9.82. The largest absolute Gasteiger partial charge is 0.416 e. The molecule has 0 spiro atoms. The van der Waals surface area contributed by atoms with Crippen molar-refractivity contribution in [3.63, 3.8) is 0 Å². The first-order valence-electron chi connectivity index (χ1n) is 6.12. The van der Waals surface area contributed by atoms with Crippen LogP contribution in [0.1, 0.15) is 22.7 Å². The maximum atomic E-state index is 13.1. The van der Waals surface area contributed by atoms with E-state index in [1.54, 1.807) is 13.1 Å². The minimum absolute atomic E-state index is 0.331. The molecule has 6 heteroatoms. The predicted molar refractivity (Wildman–Crippen MR) is 76.4 cm³/mol. The first kappa shape index (κ1) is 16.0. The van der Waals surface area contributed by atoms with E-state index in [1.807, 2.05) is 0 Å². The van der Waals surface area contributed by atoms with Crippen LogP contribution >= 0.6 is 15.9 Å². The second kappa shape index (κ2) is 6.15. The van der Waals surface area contributed by atoms with E-state index in [-0.39, 0.29) is 11.9 Å². The molecule has 1 unspecified atom stereocenters. The first-order valence-corrected chi connectivity index (χ1v) is 6.91. The van der Waals surface area contributed by atoms with Crippen LogP contribution in [-0.4, -0.2) is 7.05 Å². The molecule has 1 N–H and O–H groups in total. The van der Waals surface area contributed by atoms with Gasteiger partial charge in [-0.1, -0.05) is 34.1 Å². The van der Waals surface area contributed by atoms with Gasteiger partial charge in [-0.05, 0) is 42.4 Å². The number of benzene rings is 2. The van der Waals surface area contributed by atoms with Crippen molar-refractivity contribution in [2.45, 2.75) is 12.2 Å². The molecule has 1 atom stereocenters. The van der Waals surface area contributed by atoms with Gasteiger partial charge in [-0.15, -0.1) is 0 Å². The van der Waals surface area contributed by atoms with E-state index >= 15 is 0 Å². The van der Waals surface area contributed by atoms with E-state index in [2.05, 4.69) is 21.2 Å². The Kier molecular flexibility index (Phi) is 4.68. The van der Waals surface area contributed by atoms with Crippen LogP contribution in [0, 0.1) is 5.82 Å². The van der Waals surface area contributed by atoms with Crippen molar-refractivity contribution in [1.29, 1.82) is 0 Å². The molecular weight excluding hydrogens is 350 g/mol. The fourth-order valence-corrected chi connectivity index (χ4v) is 2.68. The Labute approximate surface area is 128 Å². The standard InChI is InChI=1S/C15H12BrF4N/c1-21-14(12-7-6-11(17)8-13(12)16)9-2-4-10(5-3-9)15(18,19)20/h2-8,14,21H,1H3. The van der Waals surface area contributed by atoms with Gasteiger partial charge < -0.3 is 5.32 Å². The molecule has 112 valence electrons. The third-order valence-electron chi connectivity index (χ3n) is 3.13. The van der Waals surface area contributed by atoms with Crippen molar-refractivity contribution in [2.75, 3.05) is 7.05 Å². The molecule has 0 saturated heterocycles. The van der Waals surface area contributed by atoms with E-state index in [0.717, 1.165) is 17.7 Å². The topological polar surface area (TPSA) is 12.0 Å². The fourth-order valence-electron chi connectivity index (χ4n) is 2.10. The van der Waals surface area contributed by atoms with Gasteiger partial charge in [0.05, 0.1) is 11.6 Å². The minimum atomic E-state index is -4.36. The van der Waals surface area contributed by atoms with Gasteiger partial charge in [-0.3, -0.25) is 0 Å². The third kappa shape index (κ3) is 3.63. The second-order valence-corrected chi connectivity index (χ2v) is 5.36. The quantitative estimate of drug-likeness (QED) is 0.765. The van der Waals surface area contributed by atoms with Crippen molar-refractivity contribution < 1.29 is 17.6 Å². The van der Waals surface area contributed by atoms with Crippen molar-refractivity contribution in [3.05, 3.63) is 69.4 Å². The summed E-state index contributed by atoms with van der Waals surface area (Å²) in [5.41, 5.74) is 0.718. The highest BCUT2D eigenvalue weighted by Crippen LogP contribution is 2.32. The van der Waals surface area contributed by atoms with Crippen LogP contribution in [0.4, 0.5) is 17.6 Å². The van der Waals surface area contributed by atoms with Gasteiger partial charge in [0.1, 0.15) is 5.82 Å². The minimum Gasteiger partial charge on any atom is -0.309 e. The highest BCUT2D eigenvalue weighted by molar-refractivity contribution is 9.10. The molecule has 0 heterocycles. The molecule has 0 aliphatic heterocycles. The van der Waals surface area contributed by atoms with E-state index < -0.39 is 11.7 Å². The summed E-state index contributed by atoms with van der Waals surface area (Å²) < 4.78 is 51.4. The van der Waals surface area contributed by atoms with Gasteiger partial charge >= 0.3 is 6.18 Å². The van der Waals surface area contributed by atoms with Crippen LogP contribution < -0.4 is 5.32 Å². The zero-order chi connectivity index (χ0) is 15.6. The maximum Gasteiger partial charge on any atom is 0.416 e. The van der Waals surface area contributed by atoms with Crippen molar-refractivity contribution in [1.82, 2.24) is 5.32 Å². The molecule has 0 aliphatic carbocycles. The Morgan fingerprint density at radius 1 is 1.05 bits per heavy atom. The molecule has 21 heavy (non-hydrogen) atoms. The lowest BCUT2D eigenvalue weighted by Crippen LogP contribution is -2.18. The summed E-state index contributed by atoms with van der Waals surface area (Å²) in [6.07, 6.45) is -4.36. The van der Waals surface area contributed by atoms with Gasteiger partial charge in [0.2, 0.25) is 0 Å². The molecule has 0 aromatic heterocycles. The summed E-state index contributed by atoms with van der Waals surface area (Å²) in [7, 11) is 1.69. The number of rotatable bonds is 3. The monoisotopic (exact) mass is 361 g/mol. The van der Waals surface area contributed by atoms with Crippen LogP contribution in [0.25, 0.3) is 0 Å². The Bertz CT molecular complexity index is 623. The lowest BCUT2D eigenvalue weighted by Gasteiger charge is -2.19. The molecular formula is C15H12BrF4N. The smallest absolute Gasteiger partial charge is 0.309 e. The van der Waals surface area contributed by atoms with E-state index in [0.29, 0.717) is 10.0 Å². The maximum absolute atomic E-state index is 13.1. The fraction of sp³-hybridized carbons (Fsp3) is 0.200. The Balaban J connectivity index is 2.37. The molecule has 1 nitrogen and oxygen atoms in total. The lowest BCUT2D eigenvalue weighted by atomic mass is 9.98. The Morgan fingerprint density at radius 3 is 2.14 bits per heavy atom. The van der Waals surface area contributed by atoms with Crippen molar-refractivity contribution >= 4 is 15.9 Å². The average molecular weight is 362 g/mol. The molecule has 2 rings (SSSR count). The molecule has 0 fully saturated rings. The molecule has 0 radical (unpaired) electrons. The molecule has 0 aliphatic rings. The van der Waals surface area contributed by atoms with E-state index in [1.165, 1.54) is 24.3 Å². The third-order valence-corrected chi connectivity index (χ3v) is 3.82. The van der Waals surface area contributed by atoms with Gasteiger partial charge in [-0.25, -0.2) is 4.39 Å². The number of nitrogens with one attached hydrogen (secondary N) is 1. The second-order valence-electron chi connectivity index (χ2n) is 4.51. The van der Waals surface area contributed by atoms with Crippen LogP contribution in [0.2, 0.25) is 0 Å². The lowest BCUT2D eigenvalue weighted by molar-refractivity contribution is -0.137. The highest BCUT2D eigenvalue weighted by atomic mass is 79.9. The highest BCUT2D eigenvalue weighted by Gasteiger charge is 2.30. The van der Waals surface area contributed by atoms with Crippen LogP contribution in [0.5, 0.6) is 0 Å². The molecule has 0 amide bonds. The van der Waals surface area contributed by atoms with E-state index in [9.17, 15) is 17.6 Å². The number of alkyl halides is 3. The number of halogens is 5. The molecule has 2 aromatic carbocycles. The zero-order valence-electron chi connectivity index (χ0n) is 11.0. The molecule has 0 saturated carbocycles. The van der Waals surface area contributed by atoms with Crippen LogP contribution in [0.3, 0.4) is 0 Å².